The highest BCUT2D eigenvalue weighted by molar-refractivity contribution is 7.89. The first-order valence-electron chi connectivity index (χ1n) is 9.26. The predicted octanol–water partition coefficient (Wildman–Crippen LogP) is 3.00. The van der Waals surface area contributed by atoms with Crippen LogP contribution in [0.1, 0.15) is 34.5 Å². The van der Waals surface area contributed by atoms with Crippen LogP contribution >= 0.6 is 0 Å². The third-order valence-electron chi connectivity index (χ3n) is 5.10. The molecule has 0 aliphatic carbocycles. The van der Waals surface area contributed by atoms with Crippen LogP contribution in [0.4, 0.5) is 0 Å². The summed E-state index contributed by atoms with van der Waals surface area (Å²) in [4.78, 5) is 25.3. The molecule has 0 fully saturated rings. The largest absolute Gasteiger partial charge is 0.348 e. The van der Waals surface area contributed by atoms with Gasteiger partial charge in [-0.2, -0.15) is 0 Å². The summed E-state index contributed by atoms with van der Waals surface area (Å²) >= 11 is 0. The van der Waals surface area contributed by atoms with E-state index in [4.69, 9.17) is 0 Å². The maximum absolute atomic E-state index is 12.7. The molecule has 1 aliphatic heterocycles. The number of amides is 2. The van der Waals surface area contributed by atoms with Gasteiger partial charge >= 0.3 is 0 Å². The van der Waals surface area contributed by atoms with Gasteiger partial charge in [0.15, 0.2) is 0 Å². The van der Waals surface area contributed by atoms with E-state index in [2.05, 4.69) is 5.32 Å². The van der Waals surface area contributed by atoms with Crippen molar-refractivity contribution < 1.29 is 18.0 Å². The monoisotopic (exact) mass is 408 g/mol. The molecule has 6 nitrogen and oxygen atoms in total. The number of hydrogen-bond donors (Lipinski definition) is 1. The van der Waals surface area contributed by atoms with Gasteiger partial charge < -0.3 is 5.32 Å². The number of fused-ring (bicyclic) bond motifs is 2. The average molecular weight is 408 g/mol. The van der Waals surface area contributed by atoms with E-state index in [-0.39, 0.29) is 11.8 Å². The molecule has 7 heteroatoms. The number of hydrogen-bond acceptors (Lipinski definition) is 4. The predicted molar refractivity (Wildman–Crippen MR) is 111 cm³/mol. The molecule has 1 unspecified atom stereocenters. The van der Waals surface area contributed by atoms with Crippen molar-refractivity contribution in [3.8, 4) is 0 Å². The van der Waals surface area contributed by atoms with Crippen molar-refractivity contribution in [2.45, 2.75) is 18.7 Å². The summed E-state index contributed by atoms with van der Waals surface area (Å²) < 4.78 is 25.8. The molecule has 0 radical (unpaired) electrons. The number of sulfonamides is 1. The third kappa shape index (κ3) is 3.61. The third-order valence-corrected chi connectivity index (χ3v) is 6.74. The standard InChI is InChI=1S/C22H20N2O4S/c1-15(18-12-6-9-16-7-2-4-10-19(16)18)23-21(25)13-24-22(26)20-11-5-3-8-17(20)14-29(24,27)28/h2-12,15H,13-14H2,1H3,(H,23,25). The fraction of sp³-hybridized carbons (Fsp3) is 0.182. The SMILES string of the molecule is CC(NC(=O)CN1C(=O)c2ccccc2CS1(=O)=O)c1cccc2ccccc12. The summed E-state index contributed by atoms with van der Waals surface area (Å²) in [5.41, 5.74) is 1.70. The zero-order chi connectivity index (χ0) is 20.6. The van der Waals surface area contributed by atoms with Gasteiger partial charge in [0.2, 0.25) is 15.9 Å². The molecule has 0 saturated heterocycles. The second-order valence-corrected chi connectivity index (χ2v) is 8.98. The fourth-order valence-corrected chi connectivity index (χ4v) is 5.15. The lowest BCUT2D eigenvalue weighted by atomic mass is 10.00. The zero-order valence-electron chi connectivity index (χ0n) is 15.8. The molecule has 148 valence electrons. The molecule has 0 aromatic heterocycles. The second-order valence-electron chi connectivity index (χ2n) is 7.08. The Kier molecular flexibility index (Phi) is 4.84. The summed E-state index contributed by atoms with van der Waals surface area (Å²) in [5.74, 6) is -1.48. The van der Waals surface area contributed by atoms with Gasteiger partial charge in [0.1, 0.15) is 6.54 Å². The summed E-state index contributed by atoms with van der Waals surface area (Å²) in [5, 5.41) is 4.89. The van der Waals surface area contributed by atoms with Gasteiger partial charge in [0.25, 0.3) is 5.91 Å². The first-order valence-corrected chi connectivity index (χ1v) is 10.9. The Morgan fingerprint density at radius 3 is 2.55 bits per heavy atom. The molecular formula is C22H20N2O4S. The summed E-state index contributed by atoms with van der Waals surface area (Å²) in [6.07, 6.45) is 0. The molecule has 1 atom stereocenters. The number of carbonyl (C=O) groups excluding carboxylic acids is 2. The molecule has 0 spiro atoms. The molecule has 0 saturated carbocycles. The first kappa shape index (κ1) is 19.1. The number of rotatable bonds is 4. The van der Waals surface area contributed by atoms with Crippen LogP contribution < -0.4 is 5.32 Å². The van der Waals surface area contributed by atoms with E-state index >= 15 is 0 Å². The van der Waals surface area contributed by atoms with Crippen molar-refractivity contribution in [1.29, 1.82) is 0 Å². The molecule has 0 bridgehead atoms. The molecular weight excluding hydrogens is 388 g/mol. The summed E-state index contributed by atoms with van der Waals surface area (Å²) in [6, 6.07) is 19.9. The summed E-state index contributed by atoms with van der Waals surface area (Å²) in [6.45, 7) is 1.30. The van der Waals surface area contributed by atoms with Gasteiger partial charge in [-0.15, -0.1) is 0 Å². The average Bonchev–Trinajstić information content (AvgIpc) is 2.70. The highest BCUT2D eigenvalue weighted by Crippen LogP contribution is 2.26. The van der Waals surface area contributed by atoms with Crippen LogP contribution in [0.5, 0.6) is 0 Å². The van der Waals surface area contributed by atoms with Crippen LogP contribution in [-0.2, 0) is 20.6 Å². The minimum absolute atomic E-state index is 0.291. The van der Waals surface area contributed by atoms with E-state index in [1.165, 1.54) is 0 Å². The molecule has 1 aliphatic rings. The Morgan fingerprint density at radius 1 is 1.03 bits per heavy atom. The maximum atomic E-state index is 12.7. The fourth-order valence-electron chi connectivity index (χ4n) is 3.68. The van der Waals surface area contributed by atoms with Crippen LogP contribution in [0.2, 0.25) is 0 Å². The number of benzene rings is 3. The smallest absolute Gasteiger partial charge is 0.268 e. The number of nitrogens with zero attached hydrogens (tertiary/aromatic N) is 1. The lowest BCUT2D eigenvalue weighted by molar-refractivity contribution is -0.121. The Balaban J connectivity index is 1.54. The van der Waals surface area contributed by atoms with Crippen molar-refractivity contribution in [1.82, 2.24) is 9.62 Å². The van der Waals surface area contributed by atoms with E-state index in [1.54, 1.807) is 24.3 Å². The Morgan fingerprint density at radius 2 is 1.72 bits per heavy atom. The van der Waals surface area contributed by atoms with Crippen LogP contribution in [-0.4, -0.2) is 31.1 Å². The topological polar surface area (TPSA) is 83.6 Å². The molecule has 1 heterocycles. The minimum Gasteiger partial charge on any atom is -0.348 e. The Labute approximate surface area is 169 Å². The quantitative estimate of drug-likeness (QED) is 0.719. The normalized spacial score (nSPS) is 16.3. The maximum Gasteiger partial charge on any atom is 0.268 e. The van der Waals surface area contributed by atoms with Gasteiger partial charge in [-0.05, 0) is 34.9 Å². The first-order chi connectivity index (χ1) is 13.9. The van der Waals surface area contributed by atoms with Crippen LogP contribution in [0.3, 0.4) is 0 Å². The molecule has 3 aromatic rings. The van der Waals surface area contributed by atoms with E-state index in [1.807, 2.05) is 49.4 Å². The lowest BCUT2D eigenvalue weighted by Crippen LogP contribution is -2.47. The van der Waals surface area contributed by atoms with E-state index in [0.717, 1.165) is 16.3 Å². The van der Waals surface area contributed by atoms with Crippen molar-refractivity contribution in [3.63, 3.8) is 0 Å². The van der Waals surface area contributed by atoms with Crippen LogP contribution in [0.25, 0.3) is 10.8 Å². The molecule has 1 N–H and O–H groups in total. The second kappa shape index (κ2) is 7.33. The van der Waals surface area contributed by atoms with Crippen molar-refractivity contribution in [2.24, 2.45) is 0 Å². The van der Waals surface area contributed by atoms with Gasteiger partial charge in [0, 0.05) is 5.56 Å². The van der Waals surface area contributed by atoms with Crippen molar-refractivity contribution in [2.75, 3.05) is 6.54 Å². The van der Waals surface area contributed by atoms with E-state index < -0.39 is 28.4 Å². The Hall–Kier alpha value is -3.19. The van der Waals surface area contributed by atoms with Crippen LogP contribution in [0, 0.1) is 0 Å². The summed E-state index contributed by atoms with van der Waals surface area (Å²) in [7, 11) is -3.89. The molecule has 3 aromatic carbocycles. The lowest BCUT2D eigenvalue weighted by Gasteiger charge is -2.28. The van der Waals surface area contributed by atoms with Gasteiger partial charge in [0.05, 0.1) is 11.8 Å². The Bertz CT molecular complexity index is 1210. The van der Waals surface area contributed by atoms with E-state index in [0.29, 0.717) is 15.4 Å². The van der Waals surface area contributed by atoms with Gasteiger partial charge in [-0.3, -0.25) is 9.59 Å². The van der Waals surface area contributed by atoms with E-state index in [9.17, 15) is 18.0 Å². The van der Waals surface area contributed by atoms with Crippen LogP contribution in [0.15, 0.2) is 66.7 Å². The highest BCUT2D eigenvalue weighted by atomic mass is 32.2. The van der Waals surface area contributed by atoms with Crippen molar-refractivity contribution in [3.05, 3.63) is 83.4 Å². The number of nitrogens with one attached hydrogen (secondary N) is 1. The molecule has 29 heavy (non-hydrogen) atoms. The molecule has 4 rings (SSSR count). The zero-order valence-corrected chi connectivity index (χ0v) is 16.6. The minimum atomic E-state index is -3.89. The highest BCUT2D eigenvalue weighted by Gasteiger charge is 2.37. The van der Waals surface area contributed by atoms with Gasteiger partial charge in [-0.25, -0.2) is 12.7 Å². The van der Waals surface area contributed by atoms with Crippen molar-refractivity contribution >= 4 is 32.6 Å². The van der Waals surface area contributed by atoms with Gasteiger partial charge in [-0.1, -0.05) is 60.7 Å². The molecule has 2 amide bonds. The number of carbonyl (C=O) groups is 2.